The molecule has 0 aliphatic carbocycles. The summed E-state index contributed by atoms with van der Waals surface area (Å²) in [7, 11) is 0. The van der Waals surface area contributed by atoms with E-state index in [1.807, 2.05) is 45.6 Å². The molecule has 162 valence electrons. The van der Waals surface area contributed by atoms with E-state index in [0.717, 1.165) is 25.1 Å². The third-order valence-corrected chi connectivity index (χ3v) is 6.11. The number of hydrogen-bond donors (Lipinski definition) is 1. The van der Waals surface area contributed by atoms with E-state index in [2.05, 4.69) is 5.10 Å². The molecule has 8 nitrogen and oxygen atoms in total. The molecule has 30 heavy (non-hydrogen) atoms. The van der Waals surface area contributed by atoms with Crippen molar-refractivity contribution < 1.29 is 9.59 Å². The van der Waals surface area contributed by atoms with Crippen LogP contribution in [0, 0.1) is 11.3 Å². The van der Waals surface area contributed by atoms with Crippen molar-refractivity contribution in [3.63, 3.8) is 0 Å². The number of amides is 2. The molecule has 4 rings (SSSR count). The number of carbonyl (C=O) groups excluding carboxylic acids is 2. The predicted molar refractivity (Wildman–Crippen MR) is 113 cm³/mol. The fourth-order valence-corrected chi connectivity index (χ4v) is 4.50. The van der Waals surface area contributed by atoms with Crippen molar-refractivity contribution in [3.05, 3.63) is 33.4 Å². The molecule has 0 bridgehead atoms. The molecule has 2 amide bonds. The second kappa shape index (κ2) is 7.25. The van der Waals surface area contributed by atoms with E-state index in [1.54, 1.807) is 4.90 Å². The van der Waals surface area contributed by atoms with Gasteiger partial charge >= 0.3 is 0 Å². The maximum absolute atomic E-state index is 13.1. The first-order valence-corrected chi connectivity index (χ1v) is 10.8. The summed E-state index contributed by atoms with van der Waals surface area (Å²) >= 11 is 0. The van der Waals surface area contributed by atoms with Crippen LogP contribution < -0.4 is 5.56 Å². The topological polar surface area (TPSA) is 90.8 Å². The lowest BCUT2D eigenvalue weighted by Gasteiger charge is -2.30. The summed E-state index contributed by atoms with van der Waals surface area (Å²) < 4.78 is 1.49. The summed E-state index contributed by atoms with van der Waals surface area (Å²) in [4.78, 5) is 46.8. The minimum Gasteiger partial charge on any atom is -0.336 e. The highest BCUT2D eigenvalue weighted by Crippen LogP contribution is 2.35. The number of H-pyrrole nitrogens is 1. The highest BCUT2D eigenvalue weighted by Gasteiger charge is 2.37. The number of hydrogen-bond acceptors (Lipinski definition) is 4. The van der Waals surface area contributed by atoms with Crippen molar-refractivity contribution in [2.75, 3.05) is 13.1 Å². The number of aromatic nitrogens is 3. The molecular weight excluding hydrogens is 382 g/mol. The smallest absolute Gasteiger partial charge is 0.276 e. The van der Waals surface area contributed by atoms with Crippen molar-refractivity contribution in [2.45, 2.75) is 66.5 Å². The third kappa shape index (κ3) is 3.42. The molecule has 1 saturated heterocycles. The van der Waals surface area contributed by atoms with Gasteiger partial charge in [0.25, 0.3) is 5.56 Å². The Morgan fingerprint density at radius 3 is 2.63 bits per heavy atom. The van der Waals surface area contributed by atoms with E-state index < -0.39 is 5.41 Å². The van der Waals surface area contributed by atoms with E-state index >= 15 is 0 Å². The number of aromatic amines is 1. The zero-order valence-corrected chi connectivity index (χ0v) is 18.5. The highest BCUT2D eigenvalue weighted by molar-refractivity contribution is 5.82. The largest absolute Gasteiger partial charge is 0.336 e. The quantitative estimate of drug-likeness (QED) is 0.818. The third-order valence-electron chi connectivity index (χ3n) is 6.11. The lowest BCUT2D eigenvalue weighted by Crippen LogP contribution is -2.41. The number of nitrogens with one attached hydrogen (secondary N) is 1. The maximum Gasteiger partial charge on any atom is 0.276 e. The highest BCUT2D eigenvalue weighted by atomic mass is 16.2. The van der Waals surface area contributed by atoms with E-state index in [-0.39, 0.29) is 29.3 Å². The molecule has 0 spiro atoms. The van der Waals surface area contributed by atoms with Gasteiger partial charge in [0.1, 0.15) is 0 Å². The van der Waals surface area contributed by atoms with Gasteiger partial charge < -0.3 is 9.80 Å². The fraction of sp³-hybridized carbons (Fsp3) is 0.636. The number of rotatable bonds is 2. The molecule has 0 radical (unpaired) electrons. The van der Waals surface area contributed by atoms with Crippen LogP contribution in [0.3, 0.4) is 0 Å². The fourth-order valence-electron chi connectivity index (χ4n) is 4.50. The monoisotopic (exact) mass is 413 g/mol. The van der Waals surface area contributed by atoms with Gasteiger partial charge in [-0.05, 0) is 19.3 Å². The van der Waals surface area contributed by atoms with Gasteiger partial charge in [-0.25, -0.2) is 9.50 Å². The molecule has 1 atom stereocenters. The number of carbonyl (C=O) groups is 2. The zero-order valence-electron chi connectivity index (χ0n) is 18.5. The summed E-state index contributed by atoms with van der Waals surface area (Å²) in [5.74, 6) is 0.120. The van der Waals surface area contributed by atoms with Crippen LogP contribution in [0.1, 0.15) is 70.5 Å². The SMILES string of the molecule is CC(C)C(=O)N1CCc2c(nc3cc(C4CCCN4C(=O)C(C)(C)C)[nH]n3c2=O)C1. The lowest BCUT2D eigenvalue weighted by molar-refractivity contribution is -0.140. The van der Waals surface area contributed by atoms with Gasteiger partial charge in [0, 0.05) is 36.1 Å². The van der Waals surface area contributed by atoms with E-state index in [9.17, 15) is 14.4 Å². The first-order chi connectivity index (χ1) is 14.1. The van der Waals surface area contributed by atoms with E-state index in [1.165, 1.54) is 4.52 Å². The molecule has 0 aromatic carbocycles. The van der Waals surface area contributed by atoms with E-state index in [0.29, 0.717) is 36.4 Å². The standard InChI is InChI=1S/C22H31N5O3/c1-13(2)19(28)25-10-8-14-16(12-25)23-18-11-15(24-27(18)20(14)29)17-7-6-9-26(17)21(30)22(3,4)5/h11,13,17,24H,6-10,12H2,1-5H3. The molecule has 2 aromatic heterocycles. The van der Waals surface area contributed by atoms with Gasteiger partial charge in [-0.15, -0.1) is 0 Å². The molecule has 2 aliphatic rings. The van der Waals surface area contributed by atoms with Crippen LogP contribution in [0.2, 0.25) is 0 Å². The van der Waals surface area contributed by atoms with Crippen LogP contribution in [0.25, 0.3) is 5.65 Å². The minimum atomic E-state index is -0.449. The Morgan fingerprint density at radius 2 is 1.97 bits per heavy atom. The second-order valence-electron chi connectivity index (χ2n) is 9.82. The Morgan fingerprint density at radius 1 is 1.23 bits per heavy atom. The Bertz CT molecular complexity index is 1060. The van der Waals surface area contributed by atoms with Crippen LogP contribution in [0.5, 0.6) is 0 Å². The van der Waals surface area contributed by atoms with Gasteiger partial charge in [0.15, 0.2) is 5.65 Å². The second-order valence-corrected chi connectivity index (χ2v) is 9.82. The van der Waals surface area contributed by atoms with Gasteiger partial charge in [0.2, 0.25) is 11.8 Å². The molecule has 1 fully saturated rings. The van der Waals surface area contributed by atoms with Crippen molar-refractivity contribution in [1.82, 2.24) is 24.4 Å². The maximum atomic E-state index is 13.1. The first kappa shape index (κ1) is 20.6. The average Bonchev–Trinajstić information content (AvgIpc) is 3.32. The number of fused-ring (bicyclic) bond motifs is 2. The minimum absolute atomic E-state index is 0.0751. The van der Waals surface area contributed by atoms with Gasteiger partial charge in [-0.3, -0.25) is 19.5 Å². The zero-order chi connectivity index (χ0) is 21.8. The molecular formula is C22H31N5O3. The van der Waals surface area contributed by atoms with Gasteiger partial charge in [-0.2, -0.15) is 0 Å². The van der Waals surface area contributed by atoms with Crippen molar-refractivity contribution in [2.24, 2.45) is 11.3 Å². The lowest BCUT2D eigenvalue weighted by atomic mass is 9.94. The molecule has 0 saturated carbocycles. The molecule has 1 N–H and O–H groups in total. The summed E-state index contributed by atoms with van der Waals surface area (Å²) in [6.45, 7) is 11.2. The van der Waals surface area contributed by atoms with Crippen LogP contribution in [-0.4, -0.2) is 49.3 Å². The molecule has 1 unspecified atom stereocenters. The molecule has 8 heteroatoms. The van der Waals surface area contributed by atoms with E-state index in [4.69, 9.17) is 4.98 Å². The van der Waals surface area contributed by atoms with Crippen molar-refractivity contribution >= 4 is 17.5 Å². The summed E-state index contributed by atoms with van der Waals surface area (Å²) in [6, 6.07) is 1.80. The summed E-state index contributed by atoms with van der Waals surface area (Å²) in [6.07, 6.45) is 2.31. The van der Waals surface area contributed by atoms with Crippen LogP contribution in [-0.2, 0) is 22.6 Å². The van der Waals surface area contributed by atoms with Crippen molar-refractivity contribution in [3.8, 4) is 0 Å². The van der Waals surface area contributed by atoms with Crippen LogP contribution in [0.15, 0.2) is 10.9 Å². The molecule has 2 aliphatic heterocycles. The van der Waals surface area contributed by atoms with Crippen molar-refractivity contribution in [1.29, 1.82) is 0 Å². The Labute approximate surface area is 176 Å². The van der Waals surface area contributed by atoms with Crippen LogP contribution in [0.4, 0.5) is 0 Å². The first-order valence-electron chi connectivity index (χ1n) is 10.8. The Balaban J connectivity index is 1.69. The Kier molecular flexibility index (Phi) is 4.98. The number of nitrogens with zero attached hydrogens (tertiary/aromatic N) is 4. The normalized spacial score (nSPS) is 19.6. The summed E-state index contributed by atoms with van der Waals surface area (Å²) in [5, 5.41) is 3.21. The summed E-state index contributed by atoms with van der Waals surface area (Å²) in [5.41, 5.74) is 2.18. The predicted octanol–water partition coefficient (Wildman–Crippen LogP) is 2.27. The van der Waals surface area contributed by atoms with Gasteiger partial charge in [-0.1, -0.05) is 34.6 Å². The number of likely N-dealkylation sites (tertiary alicyclic amines) is 1. The molecule has 4 heterocycles. The average molecular weight is 414 g/mol. The van der Waals surface area contributed by atoms with Gasteiger partial charge in [0.05, 0.1) is 24.0 Å². The Hall–Kier alpha value is -2.64. The molecule has 2 aromatic rings. The van der Waals surface area contributed by atoms with Crippen LogP contribution >= 0.6 is 0 Å².